The molecule has 2 saturated heterocycles. The van der Waals surface area contributed by atoms with E-state index in [9.17, 15) is 4.79 Å². The number of halogens is 1. The highest BCUT2D eigenvalue weighted by Crippen LogP contribution is 2.25. The number of pyridine rings is 1. The van der Waals surface area contributed by atoms with Crippen molar-refractivity contribution in [2.24, 2.45) is 5.92 Å². The molecule has 1 aromatic heterocycles. The van der Waals surface area contributed by atoms with Crippen molar-refractivity contribution >= 4 is 23.3 Å². The number of piperidine rings is 1. The van der Waals surface area contributed by atoms with E-state index in [1.54, 1.807) is 6.20 Å². The van der Waals surface area contributed by atoms with Crippen molar-refractivity contribution in [1.82, 2.24) is 9.88 Å². The molecule has 0 unspecified atom stereocenters. The molecule has 5 nitrogen and oxygen atoms in total. The van der Waals surface area contributed by atoms with E-state index in [0.29, 0.717) is 18.2 Å². The average Bonchev–Trinajstić information content (AvgIpc) is 2.57. The number of nitrogens with zero attached hydrogens (tertiary/aromatic N) is 3. The van der Waals surface area contributed by atoms with Crippen molar-refractivity contribution in [3.05, 3.63) is 23.4 Å². The number of anilines is 1. The van der Waals surface area contributed by atoms with Crippen LogP contribution in [0.5, 0.6) is 0 Å². The molecule has 0 saturated carbocycles. The van der Waals surface area contributed by atoms with E-state index in [2.05, 4.69) is 16.8 Å². The first-order chi connectivity index (χ1) is 11.0. The minimum absolute atomic E-state index is 0.117. The van der Waals surface area contributed by atoms with Gasteiger partial charge in [-0.15, -0.1) is 0 Å². The summed E-state index contributed by atoms with van der Waals surface area (Å²) in [7, 11) is 0. The Bertz CT molecular complexity index is 543. The highest BCUT2D eigenvalue weighted by atomic mass is 35.5. The van der Waals surface area contributed by atoms with Crippen LogP contribution < -0.4 is 4.90 Å². The first kappa shape index (κ1) is 16.5. The molecule has 0 spiro atoms. The van der Waals surface area contributed by atoms with Crippen LogP contribution in [0.1, 0.15) is 26.7 Å². The molecule has 0 radical (unpaired) electrons. The van der Waals surface area contributed by atoms with Crippen molar-refractivity contribution in [2.75, 3.05) is 31.1 Å². The van der Waals surface area contributed by atoms with Crippen LogP contribution in [0.4, 0.5) is 5.82 Å². The maximum Gasteiger partial charge on any atom is 0.226 e. The van der Waals surface area contributed by atoms with E-state index in [0.717, 1.165) is 31.7 Å². The second-order valence-corrected chi connectivity index (χ2v) is 7.02. The molecule has 0 bridgehead atoms. The summed E-state index contributed by atoms with van der Waals surface area (Å²) in [5.41, 5.74) is 0. The summed E-state index contributed by atoms with van der Waals surface area (Å²) < 4.78 is 5.62. The van der Waals surface area contributed by atoms with E-state index < -0.39 is 0 Å². The van der Waals surface area contributed by atoms with E-state index in [4.69, 9.17) is 16.3 Å². The fourth-order valence-corrected chi connectivity index (χ4v) is 3.47. The average molecular weight is 338 g/mol. The Morgan fingerprint density at radius 3 is 2.70 bits per heavy atom. The lowest BCUT2D eigenvalue weighted by atomic mass is 9.94. The number of carbonyl (C=O) groups is 1. The summed E-state index contributed by atoms with van der Waals surface area (Å²) in [6.45, 7) is 7.16. The standard InChI is InChI=1S/C17H24ClN3O2/c1-12-11-23-13(2)10-21(12)17(22)14-5-7-20(8-6-14)16-4-3-15(18)9-19-16/h3-4,9,12-14H,5-8,10-11H2,1-2H3/t12-,13+/m1/s1. The van der Waals surface area contributed by atoms with Crippen molar-refractivity contribution in [3.63, 3.8) is 0 Å². The van der Waals surface area contributed by atoms with E-state index >= 15 is 0 Å². The topological polar surface area (TPSA) is 45.7 Å². The molecular weight excluding hydrogens is 314 g/mol. The molecule has 2 atom stereocenters. The molecule has 2 fully saturated rings. The van der Waals surface area contributed by atoms with Crippen molar-refractivity contribution < 1.29 is 9.53 Å². The highest BCUT2D eigenvalue weighted by Gasteiger charge is 2.34. The Kier molecular flexibility index (Phi) is 5.07. The quantitative estimate of drug-likeness (QED) is 0.832. The Hall–Kier alpha value is -1.33. The third-order valence-corrected chi connectivity index (χ3v) is 4.99. The third kappa shape index (κ3) is 3.78. The minimum Gasteiger partial charge on any atom is -0.375 e. The summed E-state index contributed by atoms with van der Waals surface area (Å²) in [5, 5.41) is 0.647. The van der Waals surface area contributed by atoms with Gasteiger partial charge in [-0.1, -0.05) is 11.6 Å². The van der Waals surface area contributed by atoms with Crippen molar-refractivity contribution in [1.29, 1.82) is 0 Å². The second-order valence-electron chi connectivity index (χ2n) is 6.58. The molecule has 126 valence electrons. The van der Waals surface area contributed by atoms with E-state index in [1.807, 2.05) is 24.0 Å². The monoisotopic (exact) mass is 337 g/mol. The van der Waals surface area contributed by atoms with Gasteiger partial charge < -0.3 is 14.5 Å². The predicted octanol–water partition coefficient (Wildman–Crippen LogP) is 2.59. The van der Waals surface area contributed by atoms with Gasteiger partial charge in [0, 0.05) is 31.7 Å². The van der Waals surface area contributed by atoms with Crippen LogP contribution in [0, 0.1) is 5.92 Å². The number of morpholine rings is 1. The molecular formula is C17H24ClN3O2. The lowest BCUT2D eigenvalue weighted by Crippen LogP contribution is -2.53. The number of carbonyl (C=O) groups excluding carboxylic acids is 1. The van der Waals surface area contributed by atoms with Crippen LogP contribution in [0.15, 0.2) is 18.3 Å². The third-order valence-electron chi connectivity index (χ3n) is 4.77. The Morgan fingerprint density at radius 1 is 1.30 bits per heavy atom. The van der Waals surface area contributed by atoms with Gasteiger partial charge in [0.2, 0.25) is 5.91 Å². The molecule has 6 heteroatoms. The maximum absolute atomic E-state index is 12.8. The van der Waals surface area contributed by atoms with Crippen LogP contribution in [0.2, 0.25) is 5.02 Å². The fraction of sp³-hybridized carbons (Fsp3) is 0.647. The van der Waals surface area contributed by atoms with Gasteiger partial charge in [0.1, 0.15) is 5.82 Å². The SMILES string of the molecule is C[C@@H]1CO[C@@H](C)CN1C(=O)C1CCN(c2ccc(Cl)cn2)CC1. The summed E-state index contributed by atoms with van der Waals surface area (Å²) in [4.78, 5) is 21.4. The zero-order valence-corrected chi connectivity index (χ0v) is 14.5. The van der Waals surface area contributed by atoms with Crippen molar-refractivity contribution in [2.45, 2.75) is 38.8 Å². The van der Waals surface area contributed by atoms with Gasteiger partial charge in [-0.3, -0.25) is 4.79 Å². The minimum atomic E-state index is 0.117. The van der Waals surface area contributed by atoms with Crippen molar-refractivity contribution in [3.8, 4) is 0 Å². The second kappa shape index (κ2) is 7.05. The lowest BCUT2D eigenvalue weighted by Gasteiger charge is -2.40. The van der Waals surface area contributed by atoms with Crippen LogP contribution in [-0.4, -0.2) is 54.2 Å². The molecule has 1 aromatic rings. The molecule has 0 aliphatic carbocycles. The Morgan fingerprint density at radius 2 is 2.04 bits per heavy atom. The summed E-state index contributed by atoms with van der Waals surface area (Å²) in [5.74, 6) is 1.34. The molecule has 3 heterocycles. The van der Waals surface area contributed by atoms with Crippen LogP contribution in [0.3, 0.4) is 0 Å². The molecule has 0 aromatic carbocycles. The number of rotatable bonds is 2. The van der Waals surface area contributed by atoms with Gasteiger partial charge in [0.25, 0.3) is 0 Å². The zero-order valence-electron chi connectivity index (χ0n) is 13.7. The molecule has 3 rings (SSSR count). The largest absolute Gasteiger partial charge is 0.375 e. The van der Waals surface area contributed by atoms with Crippen LogP contribution in [-0.2, 0) is 9.53 Å². The van der Waals surface area contributed by atoms with Gasteiger partial charge in [-0.05, 0) is 38.8 Å². The predicted molar refractivity (Wildman–Crippen MR) is 90.8 cm³/mol. The van der Waals surface area contributed by atoms with Gasteiger partial charge in [0.05, 0.1) is 23.8 Å². The molecule has 2 aliphatic heterocycles. The van der Waals surface area contributed by atoms with E-state index in [-0.39, 0.29) is 24.0 Å². The van der Waals surface area contributed by atoms with Gasteiger partial charge in [0.15, 0.2) is 0 Å². The van der Waals surface area contributed by atoms with Crippen LogP contribution >= 0.6 is 11.6 Å². The maximum atomic E-state index is 12.8. The lowest BCUT2D eigenvalue weighted by molar-refractivity contribution is -0.148. The molecule has 2 aliphatic rings. The molecule has 1 amide bonds. The number of hydrogen-bond donors (Lipinski definition) is 0. The molecule has 0 N–H and O–H groups in total. The Labute approximate surface area is 142 Å². The summed E-state index contributed by atoms with van der Waals surface area (Å²) >= 11 is 5.89. The Balaban J connectivity index is 1.57. The normalized spacial score (nSPS) is 26.4. The fourth-order valence-electron chi connectivity index (χ4n) is 3.36. The number of ether oxygens (including phenoxy) is 1. The van der Waals surface area contributed by atoms with Crippen LogP contribution in [0.25, 0.3) is 0 Å². The van der Waals surface area contributed by atoms with Gasteiger partial charge in [-0.2, -0.15) is 0 Å². The highest BCUT2D eigenvalue weighted by molar-refractivity contribution is 6.30. The molecule has 23 heavy (non-hydrogen) atoms. The number of hydrogen-bond acceptors (Lipinski definition) is 4. The van der Waals surface area contributed by atoms with E-state index in [1.165, 1.54) is 0 Å². The first-order valence-electron chi connectivity index (χ1n) is 8.33. The van der Waals surface area contributed by atoms with Gasteiger partial charge in [-0.25, -0.2) is 4.98 Å². The smallest absolute Gasteiger partial charge is 0.226 e. The summed E-state index contributed by atoms with van der Waals surface area (Å²) in [6.07, 6.45) is 3.56. The first-order valence-corrected chi connectivity index (χ1v) is 8.71. The zero-order chi connectivity index (χ0) is 16.4. The number of aromatic nitrogens is 1. The number of amides is 1. The summed E-state index contributed by atoms with van der Waals surface area (Å²) in [6, 6.07) is 3.98. The van der Waals surface area contributed by atoms with Gasteiger partial charge >= 0.3 is 0 Å².